The number of halogens is 2. The van der Waals surface area contributed by atoms with Gasteiger partial charge in [-0.2, -0.15) is 0 Å². The first-order valence-electron chi connectivity index (χ1n) is 4.03. The SMILES string of the molecule is NC(=O)N1CCOCC1CC(F)F. The van der Waals surface area contributed by atoms with Gasteiger partial charge >= 0.3 is 6.03 Å². The molecule has 13 heavy (non-hydrogen) atoms. The van der Waals surface area contributed by atoms with Crippen molar-refractivity contribution in [2.75, 3.05) is 19.8 Å². The molecule has 2 amide bonds. The molecule has 1 heterocycles. The second-order valence-electron chi connectivity index (χ2n) is 2.89. The van der Waals surface area contributed by atoms with Crippen LogP contribution in [-0.4, -0.2) is 43.2 Å². The van der Waals surface area contributed by atoms with E-state index in [0.29, 0.717) is 13.2 Å². The lowest BCUT2D eigenvalue weighted by Crippen LogP contribution is -2.51. The molecule has 0 aliphatic carbocycles. The van der Waals surface area contributed by atoms with Gasteiger partial charge in [0, 0.05) is 13.0 Å². The first-order chi connectivity index (χ1) is 6.11. The number of amides is 2. The van der Waals surface area contributed by atoms with Crippen molar-refractivity contribution in [3.63, 3.8) is 0 Å². The van der Waals surface area contributed by atoms with E-state index in [2.05, 4.69) is 0 Å². The van der Waals surface area contributed by atoms with Crippen LogP contribution in [-0.2, 0) is 4.74 Å². The van der Waals surface area contributed by atoms with E-state index in [1.807, 2.05) is 0 Å². The first-order valence-corrected chi connectivity index (χ1v) is 4.03. The van der Waals surface area contributed by atoms with Crippen LogP contribution < -0.4 is 5.73 Å². The van der Waals surface area contributed by atoms with Crippen LogP contribution in [0.5, 0.6) is 0 Å². The molecule has 0 aromatic rings. The number of nitrogens with two attached hydrogens (primary N) is 1. The average molecular weight is 194 g/mol. The summed E-state index contributed by atoms with van der Waals surface area (Å²) < 4.78 is 29.0. The molecule has 0 aromatic heterocycles. The third-order valence-corrected chi connectivity index (χ3v) is 1.96. The Morgan fingerprint density at radius 1 is 1.69 bits per heavy atom. The van der Waals surface area contributed by atoms with Crippen molar-refractivity contribution in [1.29, 1.82) is 0 Å². The number of hydrogen-bond donors (Lipinski definition) is 1. The maximum absolute atomic E-state index is 12.0. The number of carbonyl (C=O) groups is 1. The van der Waals surface area contributed by atoms with Gasteiger partial charge in [-0.3, -0.25) is 0 Å². The monoisotopic (exact) mass is 194 g/mol. The minimum absolute atomic E-state index is 0.146. The van der Waals surface area contributed by atoms with Crippen LogP contribution in [0.15, 0.2) is 0 Å². The highest BCUT2D eigenvalue weighted by molar-refractivity contribution is 5.72. The van der Waals surface area contributed by atoms with Gasteiger partial charge in [-0.1, -0.05) is 0 Å². The van der Waals surface area contributed by atoms with Gasteiger partial charge in [-0.25, -0.2) is 13.6 Å². The van der Waals surface area contributed by atoms with Gasteiger partial charge in [0.05, 0.1) is 19.3 Å². The number of rotatable bonds is 2. The molecule has 4 nitrogen and oxygen atoms in total. The Morgan fingerprint density at radius 3 is 2.92 bits per heavy atom. The molecule has 1 aliphatic rings. The van der Waals surface area contributed by atoms with Crippen molar-refractivity contribution in [3.8, 4) is 0 Å². The van der Waals surface area contributed by atoms with Crippen molar-refractivity contribution in [1.82, 2.24) is 4.90 Å². The second-order valence-corrected chi connectivity index (χ2v) is 2.89. The number of hydrogen-bond acceptors (Lipinski definition) is 2. The number of morpholine rings is 1. The van der Waals surface area contributed by atoms with E-state index in [0.717, 1.165) is 0 Å². The normalized spacial score (nSPS) is 23.6. The van der Waals surface area contributed by atoms with Crippen LogP contribution in [0.25, 0.3) is 0 Å². The summed E-state index contributed by atoms with van der Waals surface area (Å²) in [5, 5.41) is 0. The molecule has 1 aliphatic heterocycles. The quantitative estimate of drug-likeness (QED) is 0.692. The zero-order chi connectivity index (χ0) is 9.84. The molecule has 1 unspecified atom stereocenters. The van der Waals surface area contributed by atoms with Gasteiger partial charge in [0.1, 0.15) is 0 Å². The van der Waals surface area contributed by atoms with Gasteiger partial charge < -0.3 is 15.4 Å². The Morgan fingerprint density at radius 2 is 2.38 bits per heavy atom. The predicted octanol–water partition coefficient (Wildman–Crippen LogP) is 0.421. The number of primary amides is 1. The first kappa shape index (κ1) is 10.2. The van der Waals surface area contributed by atoms with Gasteiger partial charge in [0.25, 0.3) is 0 Å². The zero-order valence-corrected chi connectivity index (χ0v) is 7.08. The standard InChI is InChI=1S/C7H12F2N2O2/c8-6(9)3-5-4-13-2-1-11(5)7(10)12/h5-6H,1-4H2,(H2,10,12). The van der Waals surface area contributed by atoms with Crippen molar-refractivity contribution < 1.29 is 18.3 Å². The van der Waals surface area contributed by atoms with Crippen molar-refractivity contribution in [2.24, 2.45) is 5.73 Å². The fourth-order valence-corrected chi connectivity index (χ4v) is 1.35. The molecule has 6 heteroatoms. The van der Waals surface area contributed by atoms with Crippen molar-refractivity contribution in [2.45, 2.75) is 18.9 Å². The minimum atomic E-state index is -2.44. The van der Waals surface area contributed by atoms with E-state index < -0.39 is 18.5 Å². The molecule has 0 radical (unpaired) electrons. The largest absolute Gasteiger partial charge is 0.377 e. The maximum atomic E-state index is 12.0. The Bertz CT molecular complexity index is 189. The van der Waals surface area contributed by atoms with E-state index in [9.17, 15) is 13.6 Å². The van der Waals surface area contributed by atoms with E-state index >= 15 is 0 Å². The smallest absolute Gasteiger partial charge is 0.315 e. The molecule has 1 rings (SSSR count). The van der Waals surface area contributed by atoms with Gasteiger partial charge in [-0.05, 0) is 0 Å². The number of ether oxygens (including phenoxy) is 1. The van der Waals surface area contributed by atoms with Crippen LogP contribution in [0.2, 0.25) is 0 Å². The summed E-state index contributed by atoms with van der Waals surface area (Å²) in [5.74, 6) is 0. The molecule has 1 saturated heterocycles. The summed E-state index contributed by atoms with van der Waals surface area (Å²) >= 11 is 0. The molecule has 0 bridgehead atoms. The molecule has 2 N–H and O–H groups in total. The summed E-state index contributed by atoms with van der Waals surface area (Å²) in [4.78, 5) is 12.0. The highest BCUT2D eigenvalue weighted by Gasteiger charge is 2.28. The number of alkyl halides is 2. The van der Waals surface area contributed by atoms with Crippen LogP contribution >= 0.6 is 0 Å². The van der Waals surface area contributed by atoms with Crippen LogP contribution in [0.4, 0.5) is 13.6 Å². The van der Waals surface area contributed by atoms with Crippen molar-refractivity contribution >= 4 is 6.03 Å². The highest BCUT2D eigenvalue weighted by Crippen LogP contribution is 2.14. The Labute approximate surface area is 74.6 Å². The van der Waals surface area contributed by atoms with Gasteiger partial charge in [0.15, 0.2) is 0 Å². The maximum Gasteiger partial charge on any atom is 0.315 e. The van der Waals surface area contributed by atoms with Crippen LogP contribution in [0, 0.1) is 0 Å². The van der Waals surface area contributed by atoms with Crippen LogP contribution in [0.3, 0.4) is 0 Å². The summed E-state index contributed by atoms with van der Waals surface area (Å²) in [6, 6.07) is -1.24. The molecule has 0 spiro atoms. The zero-order valence-electron chi connectivity index (χ0n) is 7.08. The lowest BCUT2D eigenvalue weighted by molar-refractivity contribution is -0.0105. The lowest BCUT2D eigenvalue weighted by Gasteiger charge is -2.34. The minimum Gasteiger partial charge on any atom is -0.377 e. The summed E-state index contributed by atoms with van der Waals surface area (Å²) in [5.41, 5.74) is 5.02. The van der Waals surface area contributed by atoms with Crippen molar-refractivity contribution in [3.05, 3.63) is 0 Å². The molecular weight excluding hydrogens is 182 g/mol. The topological polar surface area (TPSA) is 55.6 Å². The predicted molar refractivity (Wildman–Crippen MR) is 41.5 cm³/mol. The van der Waals surface area contributed by atoms with E-state index in [1.165, 1.54) is 4.90 Å². The molecular formula is C7H12F2N2O2. The third-order valence-electron chi connectivity index (χ3n) is 1.96. The fourth-order valence-electron chi connectivity index (χ4n) is 1.35. The van der Waals surface area contributed by atoms with E-state index in [4.69, 9.17) is 10.5 Å². The van der Waals surface area contributed by atoms with Gasteiger partial charge in [0.2, 0.25) is 6.43 Å². The Balaban J connectivity index is 2.51. The summed E-state index contributed by atoms with van der Waals surface area (Å²) in [6.45, 7) is 0.808. The molecule has 76 valence electrons. The number of urea groups is 1. The number of nitrogens with zero attached hydrogens (tertiary/aromatic N) is 1. The fraction of sp³-hybridized carbons (Fsp3) is 0.857. The molecule has 1 fully saturated rings. The number of carbonyl (C=O) groups excluding carboxylic acids is 1. The van der Waals surface area contributed by atoms with E-state index in [1.54, 1.807) is 0 Å². The lowest BCUT2D eigenvalue weighted by atomic mass is 10.2. The van der Waals surface area contributed by atoms with Crippen LogP contribution in [0.1, 0.15) is 6.42 Å². The second kappa shape index (κ2) is 4.36. The molecule has 1 atom stereocenters. The third kappa shape index (κ3) is 2.80. The highest BCUT2D eigenvalue weighted by atomic mass is 19.3. The molecule has 0 aromatic carbocycles. The Hall–Kier alpha value is -0.910. The molecule has 0 saturated carbocycles. The summed E-state index contributed by atoms with van der Waals surface area (Å²) in [6.07, 6.45) is -2.81. The van der Waals surface area contributed by atoms with Gasteiger partial charge in [-0.15, -0.1) is 0 Å². The summed E-state index contributed by atoms with van der Waals surface area (Å²) in [7, 11) is 0. The Kier molecular flexibility index (Phi) is 3.41. The van der Waals surface area contributed by atoms with E-state index in [-0.39, 0.29) is 13.0 Å². The average Bonchev–Trinajstić information content (AvgIpc) is 2.03.